The Balaban J connectivity index is 0.000000128. The summed E-state index contributed by atoms with van der Waals surface area (Å²) in [5.74, 6) is 0.852. The Bertz CT molecular complexity index is 4290. The zero-order valence-electron chi connectivity index (χ0n) is 51.4. The smallest absolute Gasteiger partial charge is 0.144 e. The van der Waals surface area contributed by atoms with Gasteiger partial charge in [-0.05, 0) is 58.8 Å². The molecule has 1 nitrogen and oxygen atoms in total. The summed E-state index contributed by atoms with van der Waals surface area (Å²) in [6.45, 7) is -3.62. The van der Waals surface area contributed by atoms with Crippen molar-refractivity contribution in [3.8, 4) is 16.9 Å². The second-order valence-corrected chi connectivity index (χ2v) is 30.7. The summed E-state index contributed by atoms with van der Waals surface area (Å²) in [6.07, 6.45) is -1.22. The minimum Gasteiger partial charge on any atom is -0.195 e. The van der Waals surface area contributed by atoms with Crippen LogP contribution >= 0.6 is 14.1 Å². The first-order chi connectivity index (χ1) is 45.6. The molecule has 0 amide bonds. The van der Waals surface area contributed by atoms with E-state index in [2.05, 4.69) is 413 Å². The van der Waals surface area contributed by atoms with Gasteiger partial charge in [-0.3, -0.25) is 0 Å². The molecule has 0 aliphatic rings. The van der Waals surface area contributed by atoms with Crippen LogP contribution in [0.5, 0.6) is 5.75 Å². The van der Waals surface area contributed by atoms with Gasteiger partial charge in [0, 0.05) is 5.56 Å². The fraction of sp³-hybridized carbons (Fsp3) is 0. The van der Waals surface area contributed by atoms with Crippen LogP contribution in [0.3, 0.4) is 0 Å². The van der Waals surface area contributed by atoms with Crippen molar-refractivity contribution < 1.29 is 4.52 Å². The summed E-state index contributed by atoms with van der Waals surface area (Å²) in [5, 5.41) is 12.7. The molecule has 442 valence electrons. The Morgan fingerprint density at radius 1 is 0.217 bits per heavy atom. The molecular formula is C88H71BOP2. The van der Waals surface area contributed by atoms with Gasteiger partial charge in [-0.1, -0.05) is 237 Å². The predicted molar refractivity (Wildman–Crippen MR) is 403 cm³/mol. The molecule has 0 fully saturated rings. The average molecular weight is 1220 g/mol. The van der Waals surface area contributed by atoms with Crippen molar-refractivity contribution in [3.63, 3.8) is 0 Å². The summed E-state index contributed by atoms with van der Waals surface area (Å²) < 4.78 is 7.46. The Morgan fingerprint density at radius 3 is 0.837 bits per heavy atom. The molecule has 4 heteroatoms. The van der Waals surface area contributed by atoms with Crippen LogP contribution in [-0.4, -0.2) is 6.15 Å². The minimum atomic E-state index is -3.62. The van der Waals surface area contributed by atoms with Crippen LogP contribution in [0.25, 0.3) is 21.9 Å². The number of rotatable bonds is 15. The zero-order valence-corrected chi connectivity index (χ0v) is 53.2. The number of fused-ring (bicyclic) bond motifs is 1. The number of para-hydroxylation sites is 1. The van der Waals surface area contributed by atoms with Crippen LogP contribution in [0.2, 0.25) is 0 Å². The Kier molecular flexibility index (Phi) is 18.3. The Hall–Kier alpha value is -10.7. The zero-order chi connectivity index (χ0) is 62.2. The van der Waals surface area contributed by atoms with E-state index in [1.807, 2.05) is 18.2 Å². The maximum atomic E-state index is 7.46. The van der Waals surface area contributed by atoms with Gasteiger partial charge in [0.25, 0.3) is 0 Å². The molecular weight excluding hydrogens is 1150 g/mol. The van der Waals surface area contributed by atoms with Gasteiger partial charge in [0.1, 0.15) is 34.6 Å². The predicted octanol–water partition coefficient (Wildman–Crippen LogP) is 16.0. The quantitative estimate of drug-likeness (QED) is 0.0734. The largest absolute Gasteiger partial charge is 0.195 e. The Labute approximate surface area is 543 Å². The fourth-order valence-electron chi connectivity index (χ4n) is 14.0. The third-order valence-corrected chi connectivity index (χ3v) is 28.0. The van der Waals surface area contributed by atoms with Gasteiger partial charge in [-0.25, -0.2) is 0 Å². The second-order valence-electron chi connectivity index (χ2n) is 23.0. The number of hydrogen-bond acceptors (Lipinski definition) is 1. The summed E-state index contributed by atoms with van der Waals surface area (Å²) in [5.41, 5.74) is 7.94. The number of benzene rings is 15. The van der Waals surface area contributed by atoms with Crippen LogP contribution in [0.15, 0.2) is 431 Å². The second kappa shape index (κ2) is 28.0. The van der Waals surface area contributed by atoms with E-state index in [1.54, 1.807) is 0 Å². The first-order valence-corrected chi connectivity index (χ1v) is 35.6. The van der Waals surface area contributed by atoms with Crippen molar-refractivity contribution >= 4 is 95.3 Å². The number of hydrogen-bond donors (Lipinski definition) is 0. The van der Waals surface area contributed by atoms with E-state index in [0.717, 1.165) is 5.75 Å². The molecule has 15 rings (SSSR count). The molecule has 0 aliphatic heterocycles. The van der Waals surface area contributed by atoms with Crippen molar-refractivity contribution in [3.05, 3.63) is 431 Å². The molecule has 15 aromatic carbocycles. The molecule has 0 spiro atoms. The average Bonchev–Trinajstić information content (AvgIpc) is 0.684. The van der Waals surface area contributed by atoms with E-state index in [-0.39, 0.29) is 0 Å². The van der Waals surface area contributed by atoms with Crippen molar-refractivity contribution in [2.24, 2.45) is 0 Å². The molecule has 0 saturated carbocycles. The topological polar surface area (TPSA) is 9.23 Å². The fourth-order valence-corrected chi connectivity index (χ4v) is 24.2. The first kappa shape index (κ1) is 60.2. The van der Waals surface area contributed by atoms with Gasteiger partial charge in [0.2, 0.25) is 0 Å². The van der Waals surface area contributed by atoms with E-state index in [9.17, 15) is 0 Å². The van der Waals surface area contributed by atoms with E-state index < -0.39 is 20.2 Å². The van der Waals surface area contributed by atoms with Gasteiger partial charge in [0.15, 0.2) is 0 Å². The summed E-state index contributed by atoms with van der Waals surface area (Å²) >= 11 is 0. The van der Waals surface area contributed by atoms with E-state index in [0.29, 0.717) is 0 Å². The standard InChI is InChI=1S/C34H26P.C30H25OP.C24H20B/c1-4-17-28(18-5-1)35(29-19-6-2-7-20-29,30-21-8-3-9-22-30)34-26-13-12-24-33(34)32-25-14-16-27-15-10-11-23-31(27)32;1-6-16-26(17-7-1)31-32(27-18-8-2-9-19-27,28-20-10-3-11-21-28,29-22-12-4-13-23-29)30-24-14-5-15-25-30;1-5-13-21(14-6-1)25(22-15-7-2-8-16-22,23-17-9-3-10-18-23)24-19-11-4-12-20-24/h1-26H;1-25H;1-20H/q+1;;-1. The van der Waals surface area contributed by atoms with Crippen molar-refractivity contribution in [2.45, 2.75) is 0 Å². The molecule has 0 saturated heterocycles. The van der Waals surface area contributed by atoms with Crippen LogP contribution in [0.1, 0.15) is 0 Å². The third kappa shape index (κ3) is 11.3. The van der Waals surface area contributed by atoms with Crippen LogP contribution in [0.4, 0.5) is 0 Å². The van der Waals surface area contributed by atoms with Crippen LogP contribution < -0.4 is 68.8 Å². The molecule has 0 heterocycles. The SMILES string of the molecule is c1ccc(OP(c2ccccc2)(c2ccccc2)(c2ccccc2)c2ccccc2)cc1.c1ccc([B-](c2ccccc2)(c2ccccc2)c2ccccc2)cc1.c1ccc([P+](c2ccccc2)(c2ccccc2)c2ccccc2-c2cccc3ccccc23)cc1. The monoisotopic (exact) mass is 1220 g/mol. The Morgan fingerprint density at radius 2 is 0.478 bits per heavy atom. The van der Waals surface area contributed by atoms with Gasteiger partial charge in [0.05, 0.1) is 0 Å². The molecule has 0 aromatic heterocycles. The molecule has 0 atom stereocenters. The summed E-state index contributed by atoms with van der Waals surface area (Å²) in [7, 11) is -2.19. The third-order valence-electron chi connectivity index (χ3n) is 18.0. The molecule has 15 aromatic rings. The molecule has 0 aliphatic carbocycles. The van der Waals surface area contributed by atoms with E-state index in [1.165, 1.54) is 86.2 Å². The van der Waals surface area contributed by atoms with Crippen molar-refractivity contribution in [1.82, 2.24) is 0 Å². The van der Waals surface area contributed by atoms with Crippen LogP contribution in [0, 0.1) is 0 Å². The van der Waals surface area contributed by atoms with E-state index in [4.69, 9.17) is 4.52 Å². The summed E-state index contributed by atoms with van der Waals surface area (Å²) in [6, 6.07) is 154. The molecule has 0 bridgehead atoms. The normalized spacial score (nSPS) is 11.7. The first-order valence-electron chi connectivity index (χ1n) is 31.7. The maximum absolute atomic E-state index is 7.46. The molecule has 92 heavy (non-hydrogen) atoms. The molecule has 0 radical (unpaired) electrons. The maximum Gasteiger partial charge on any atom is 0.144 e. The van der Waals surface area contributed by atoms with Gasteiger partial charge in [-0.2, -0.15) is 21.9 Å². The van der Waals surface area contributed by atoms with E-state index >= 15 is 0 Å². The summed E-state index contributed by atoms with van der Waals surface area (Å²) in [4.78, 5) is 0. The van der Waals surface area contributed by atoms with Gasteiger partial charge < -0.3 is 0 Å². The minimum absolute atomic E-state index is 0.852. The molecule has 0 unspecified atom stereocenters. The van der Waals surface area contributed by atoms with Crippen molar-refractivity contribution in [1.29, 1.82) is 0 Å². The van der Waals surface area contributed by atoms with Gasteiger partial charge >= 0.3 is 190 Å². The van der Waals surface area contributed by atoms with Crippen LogP contribution in [-0.2, 0) is 0 Å². The van der Waals surface area contributed by atoms with Crippen molar-refractivity contribution in [2.75, 3.05) is 0 Å². The van der Waals surface area contributed by atoms with Gasteiger partial charge in [-0.15, -0.1) is 0 Å². The molecule has 0 N–H and O–H groups in total.